The average molecular weight is 535 g/mol. The zero-order valence-electron chi connectivity index (χ0n) is 21.8. The molecular formula is C29H35ClN6O2. The number of likely N-dealkylation sites (tertiary alicyclic amines) is 1. The number of anilines is 2. The van der Waals surface area contributed by atoms with Crippen LogP contribution in [0.15, 0.2) is 36.4 Å². The number of nitrogens with zero attached hydrogens (tertiary/aromatic N) is 5. The van der Waals surface area contributed by atoms with Gasteiger partial charge in [-0.25, -0.2) is 0 Å². The van der Waals surface area contributed by atoms with Crippen molar-refractivity contribution in [1.29, 1.82) is 5.26 Å². The van der Waals surface area contributed by atoms with E-state index in [1.54, 1.807) is 6.07 Å². The first kappa shape index (κ1) is 26.4. The summed E-state index contributed by atoms with van der Waals surface area (Å²) in [5.41, 5.74) is 3.69. The van der Waals surface area contributed by atoms with Crippen molar-refractivity contribution < 1.29 is 9.84 Å². The van der Waals surface area contributed by atoms with Crippen LogP contribution < -0.4 is 19.9 Å². The second-order valence-corrected chi connectivity index (χ2v) is 10.4. The summed E-state index contributed by atoms with van der Waals surface area (Å²) in [4.78, 5) is 12.0. The summed E-state index contributed by atoms with van der Waals surface area (Å²) in [5, 5.41) is 26.3. The smallest absolute Gasteiger partial charge is 0.234 e. The van der Waals surface area contributed by atoms with Crippen LogP contribution in [0.4, 0.5) is 11.5 Å². The molecule has 0 amide bonds. The number of halogens is 1. The van der Waals surface area contributed by atoms with Crippen LogP contribution in [0, 0.1) is 11.3 Å². The summed E-state index contributed by atoms with van der Waals surface area (Å²) in [5.74, 6) is 1.67. The zero-order chi connectivity index (χ0) is 25.4. The first-order valence-electron chi connectivity index (χ1n) is 13.3. The SMILES string of the molecule is CN1CCC[C@H]1COc1nc(N2CCNCC2)c2c(c1C#N)CN(c1cc(O)cc3ccccc13)CC2.Cl. The van der Waals surface area contributed by atoms with Gasteiger partial charge >= 0.3 is 0 Å². The Labute approximate surface area is 230 Å². The van der Waals surface area contributed by atoms with E-state index in [1.807, 2.05) is 24.3 Å². The molecule has 3 aromatic rings. The van der Waals surface area contributed by atoms with Crippen LogP contribution in [0.2, 0.25) is 0 Å². The molecule has 200 valence electrons. The van der Waals surface area contributed by atoms with Crippen LogP contribution in [0.5, 0.6) is 11.6 Å². The number of aromatic hydroxyl groups is 1. The summed E-state index contributed by atoms with van der Waals surface area (Å²) in [6.07, 6.45) is 3.06. The largest absolute Gasteiger partial charge is 0.508 e. The fourth-order valence-corrected chi connectivity index (χ4v) is 6.05. The molecular weight excluding hydrogens is 500 g/mol. The van der Waals surface area contributed by atoms with Gasteiger partial charge in [0.1, 0.15) is 29.8 Å². The van der Waals surface area contributed by atoms with E-state index < -0.39 is 0 Å². The molecule has 0 bridgehead atoms. The lowest BCUT2D eigenvalue weighted by Gasteiger charge is -2.36. The second-order valence-electron chi connectivity index (χ2n) is 10.4. The summed E-state index contributed by atoms with van der Waals surface area (Å²) >= 11 is 0. The third kappa shape index (κ3) is 4.94. The average Bonchev–Trinajstić information content (AvgIpc) is 3.35. The molecule has 6 rings (SSSR count). The third-order valence-corrected chi connectivity index (χ3v) is 8.12. The Morgan fingerprint density at radius 2 is 1.92 bits per heavy atom. The molecule has 0 radical (unpaired) electrons. The van der Waals surface area contributed by atoms with E-state index in [1.165, 1.54) is 6.42 Å². The molecule has 2 saturated heterocycles. The number of phenolic OH excluding ortho intramolecular Hbond substituents is 1. The van der Waals surface area contributed by atoms with Crippen LogP contribution in [0.1, 0.15) is 29.5 Å². The molecule has 9 heteroatoms. The minimum absolute atomic E-state index is 0. The number of pyridine rings is 1. The number of hydrogen-bond acceptors (Lipinski definition) is 8. The van der Waals surface area contributed by atoms with Crippen LogP contribution in [-0.4, -0.2) is 74.0 Å². The fourth-order valence-electron chi connectivity index (χ4n) is 6.05. The number of hydrogen-bond donors (Lipinski definition) is 2. The minimum Gasteiger partial charge on any atom is -0.508 e. The number of ether oxygens (including phenoxy) is 1. The van der Waals surface area contributed by atoms with Crippen molar-refractivity contribution in [2.24, 2.45) is 0 Å². The molecule has 0 aliphatic carbocycles. The first-order chi connectivity index (χ1) is 18.1. The van der Waals surface area contributed by atoms with Crippen LogP contribution in [0.3, 0.4) is 0 Å². The molecule has 4 heterocycles. The van der Waals surface area contributed by atoms with Gasteiger partial charge in [0.2, 0.25) is 5.88 Å². The van der Waals surface area contributed by atoms with Crippen molar-refractivity contribution in [3.05, 3.63) is 53.1 Å². The van der Waals surface area contributed by atoms with Gasteiger partial charge in [0.15, 0.2) is 0 Å². The first-order valence-corrected chi connectivity index (χ1v) is 13.3. The lowest BCUT2D eigenvalue weighted by atomic mass is 9.94. The summed E-state index contributed by atoms with van der Waals surface area (Å²) in [6.45, 7) is 6.59. The number of likely N-dealkylation sites (N-methyl/N-ethyl adjacent to an activating group) is 1. The number of nitrogens with one attached hydrogen (secondary N) is 1. The van der Waals surface area contributed by atoms with E-state index in [0.29, 0.717) is 30.6 Å². The van der Waals surface area contributed by atoms with Crippen molar-refractivity contribution in [3.8, 4) is 17.7 Å². The van der Waals surface area contributed by atoms with Crippen molar-refractivity contribution >= 4 is 34.7 Å². The second kappa shape index (κ2) is 11.2. The van der Waals surface area contributed by atoms with E-state index in [2.05, 4.69) is 39.2 Å². The summed E-state index contributed by atoms with van der Waals surface area (Å²) in [6, 6.07) is 14.6. The van der Waals surface area contributed by atoms with Gasteiger partial charge in [-0.05, 0) is 44.3 Å². The Kier molecular flexibility index (Phi) is 7.80. The van der Waals surface area contributed by atoms with Gasteiger partial charge in [-0.3, -0.25) is 0 Å². The lowest BCUT2D eigenvalue weighted by Crippen LogP contribution is -2.45. The highest BCUT2D eigenvalue weighted by molar-refractivity contribution is 5.95. The minimum atomic E-state index is 0. The number of benzene rings is 2. The number of fused-ring (bicyclic) bond motifs is 2. The maximum absolute atomic E-state index is 10.5. The predicted molar refractivity (Wildman–Crippen MR) is 153 cm³/mol. The van der Waals surface area contributed by atoms with E-state index in [9.17, 15) is 10.4 Å². The zero-order valence-corrected chi connectivity index (χ0v) is 22.6. The third-order valence-electron chi connectivity index (χ3n) is 8.12. The molecule has 3 aliphatic rings. The molecule has 2 N–H and O–H groups in total. The highest BCUT2D eigenvalue weighted by Crippen LogP contribution is 2.39. The standard InChI is InChI=1S/C29H34N6O2.ClH/c1-33-11-4-6-21(33)19-37-29-25(17-30)26-18-35(27-16-22(36)15-20-5-2-3-7-23(20)27)12-8-24(26)28(32-29)34-13-9-31-10-14-34;/h2-3,5,7,15-16,21,31,36H,4,6,8-14,18-19H2,1H3;1H/t21-;/m0./s1. The topological polar surface area (TPSA) is 87.9 Å². The van der Waals surface area contributed by atoms with Gasteiger partial charge in [0, 0.05) is 73.6 Å². The molecule has 2 aromatic carbocycles. The Morgan fingerprint density at radius 3 is 2.68 bits per heavy atom. The fraction of sp³-hybridized carbons (Fsp3) is 0.448. The highest BCUT2D eigenvalue weighted by Gasteiger charge is 2.31. The Hall–Kier alpha value is -3.25. The number of rotatable bonds is 5. The number of nitriles is 1. The van der Waals surface area contributed by atoms with Gasteiger partial charge in [-0.1, -0.05) is 24.3 Å². The van der Waals surface area contributed by atoms with Crippen LogP contribution in [0.25, 0.3) is 10.8 Å². The molecule has 0 unspecified atom stereocenters. The quantitative estimate of drug-likeness (QED) is 0.512. The molecule has 38 heavy (non-hydrogen) atoms. The monoisotopic (exact) mass is 534 g/mol. The van der Waals surface area contributed by atoms with Gasteiger partial charge in [-0.2, -0.15) is 10.2 Å². The number of phenols is 1. The highest BCUT2D eigenvalue weighted by atomic mass is 35.5. The Balaban J connectivity index is 0.00000294. The Morgan fingerprint density at radius 1 is 1.11 bits per heavy atom. The van der Waals surface area contributed by atoms with Crippen LogP contribution in [-0.2, 0) is 13.0 Å². The summed E-state index contributed by atoms with van der Waals surface area (Å²) in [7, 11) is 2.14. The van der Waals surface area contributed by atoms with E-state index >= 15 is 0 Å². The van der Waals surface area contributed by atoms with E-state index in [4.69, 9.17) is 9.72 Å². The van der Waals surface area contributed by atoms with Crippen molar-refractivity contribution in [2.45, 2.75) is 31.8 Å². The van der Waals surface area contributed by atoms with Gasteiger partial charge in [0.25, 0.3) is 0 Å². The van der Waals surface area contributed by atoms with E-state index in [0.717, 1.165) is 85.5 Å². The predicted octanol–water partition coefficient (Wildman–Crippen LogP) is 3.68. The van der Waals surface area contributed by atoms with Crippen molar-refractivity contribution in [1.82, 2.24) is 15.2 Å². The molecule has 0 spiro atoms. The van der Waals surface area contributed by atoms with Gasteiger partial charge in [-0.15, -0.1) is 12.4 Å². The molecule has 0 saturated carbocycles. The van der Waals surface area contributed by atoms with Crippen LogP contribution >= 0.6 is 12.4 Å². The van der Waals surface area contributed by atoms with Crippen molar-refractivity contribution in [2.75, 3.05) is 62.7 Å². The molecule has 1 atom stereocenters. The molecule has 8 nitrogen and oxygen atoms in total. The van der Waals surface area contributed by atoms with Crippen molar-refractivity contribution in [3.63, 3.8) is 0 Å². The maximum Gasteiger partial charge on any atom is 0.234 e. The number of piperazine rings is 1. The normalized spacial score (nSPS) is 19.6. The lowest BCUT2D eigenvalue weighted by molar-refractivity contribution is 0.193. The number of aromatic nitrogens is 1. The van der Waals surface area contributed by atoms with E-state index in [-0.39, 0.29) is 18.2 Å². The molecule has 1 aromatic heterocycles. The maximum atomic E-state index is 10.5. The van der Waals surface area contributed by atoms with Gasteiger partial charge in [0.05, 0.1) is 0 Å². The molecule has 3 aliphatic heterocycles. The molecule has 2 fully saturated rings. The summed E-state index contributed by atoms with van der Waals surface area (Å²) < 4.78 is 6.33. The Bertz CT molecular complexity index is 1350. The van der Waals surface area contributed by atoms with Gasteiger partial charge < -0.3 is 29.9 Å².